The molecule has 1 saturated heterocycles. The van der Waals surface area contributed by atoms with Crippen LogP contribution in [0.25, 0.3) is 0 Å². The van der Waals surface area contributed by atoms with E-state index in [0.29, 0.717) is 17.8 Å². The number of nitrogens with zero attached hydrogens (tertiary/aromatic N) is 2. The summed E-state index contributed by atoms with van der Waals surface area (Å²) in [4.78, 5) is 31.3. The monoisotopic (exact) mass is 496 g/mol. The van der Waals surface area contributed by atoms with E-state index in [1.54, 1.807) is 25.8 Å². The van der Waals surface area contributed by atoms with Gasteiger partial charge in [-0.05, 0) is 43.0 Å². The van der Waals surface area contributed by atoms with Crippen LogP contribution in [0.3, 0.4) is 0 Å². The van der Waals surface area contributed by atoms with E-state index in [2.05, 4.69) is 26.5 Å². The molecule has 2 amide bonds. The fraction of sp³-hybridized carbons (Fsp3) is 0.385. The third-order valence-electron chi connectivity index (χ3n) is 6.27. The molecule has 2 aromatic carbocycles. The second-order valence-corrected chi connectivity index (χ2v) is 9.26. The van der Waals surface area contributed by atoms with Crippen molar-refractivity contribution in [2.75, 3.05) is 57.6 Å². The molecule has 9 heteroatoms. The quantitative estimate of drug-likeness (QED) is 0.428. The number of hydrogen-bond donors (Lipinski definition) is 2. The van der Waals surface area contributed by atoms with Gasteiger partial charge in [-0.2, -0.15) is 0 Å². The van der Waals surface area contributed by atoms with Crippen LogP contribution in [-0.4, -0.2) is 69.6 Å². The van der Waals surface area contributed by atoms with E-state index in [9.17, 15) is 9.59 Å². The minimum absolute atomic E-state index is 0.265. The maximum atomic E-state index is 13.0. The number of carbonyl (C=O) groups excluding carboxylic acids is 2. The fourth-order valence-electron chi connectivity index (χ4n) is 4.43. The topological polar surface area (TPSA) is 83.1 Å². The van der Waals surface area contributed by atoms with Gasteiger partial charge in [0.2, 0.25) is 0 Å². The molecule has 8 nitrogen and oxygen atoms in total. The fourth-order valence-corrected chi connectivity index (χ4v) is 4.84. The number of thioether (sulfide) groups is 1. The maximum absolute atomic E-state index is 13.0. The van der Waals surface area contributed by atoms with E-state index in [-0.39, 0.29) is 12.6 Å². The van der Waals surface area contributed by atoms with Crippen molar-refractivity contribution >= 4 is 29.4 Å². The molecular weight excluding hydrogens is 464 g/mol. The lowest BCUT2D eigenvalue weighted by molar-refractivity contribution is -0.139. The van der Waals surface area contributed by atoms with Gasteiger partial charge in [0.1, 0.15) is 5.75 Å². The predicted octanol–water partition coefficient (Wildman–Crippen LogP) is 3.41. The standard InChI is InChI=1S/C26H32N4O4S/c1-4-34-25(31)23-22(27-26(32)28-24(23)18-8-10-21(35-3)11-9-18)17-29-12-14-30(15-13-29)19-6-5-7-20(16-19)33-2/h5-11,16,24H,4,12-15,17H2,1-3H3,(H2,27,28,32)/t24-/m1/s1. The Hall–Kier alpha value is -3.17. The number of amides is 2. The molecule has 0 bridgehead atoms. The number of urea groups is 1. The van der Waals surface area contributed by atoms with Crippen LogP contribution in [0.2, 0.25) is 0 Å². The highest BCUT2D eigenvalue weighted by Gasteiger charge is 2.34. The van der Waals surface area contributed by atoms with Crippen molar-refractivity contribution in [2.45, 2.75) is 17.9 Å². The molecular formula is C26H32N4O4S. The van der Waals surface area contributed by atoms with Crippen molar-refractivity contribution in [3.63, 3.8) is 0 Å². The molecule has 0 saturated carbocycles. The second-order valence-electron chi connectivity index (χ2n) is 8.38. The summed E-state index contributed by atoms with van der Waals surface area (Å²) >= 11 is 1.64. The van der Waals surface area contributed by atoms with Crippen LogP contribution in [0.1, 0.15) is 18.5 Å². The number of ether oxygens (including phenoxy) is 2. The molecule has 35 heavy (non-hydrogen) atoms. The first-order chi connectivity index (χ1) is 17.0. The Morgan fingerprint density at radius 2 is 1.86 bits per heavy atom. The summed E-state index contributed by atoms with van der Waals surface area (Å²) in [6.45, 7) is 5.78. The number of nitrogens with one attached hydrogen (secondary N) is 2. The van der Waals surface area contributed by atoms with Crippen LogP contribution >= 0.6 is 11.8 Å². The highest BCUT2D eigenvalue weighted by Crippen LogP contribution is 2.30. The smallest absolute Gasteiger partial charge is 0.338 e. The highest BCUT2D eigenvalue weighted by atomic mass is 32.2. The molecule has 2 heterocycles. The van der Waals surface area contributed by atoms with E-state index in [0.717, 1.165) is 48.1 Å². The molecule has 2 aliphatic rings. The first kappa shape index (κ1) is 24.9. The Bertz CT molecular complexity index is 1080. The minimum atomic E-state index is -0.563. The Morgan fingerprint density at radius 1 is 1.11 bits per heavy atom. The van der Waals surface area contributed by atoms with Crippen molar-refractivity contribution in [2.24, 2.45) is 0 Å². The predicted molar refractivity (Wildman–Crippen MR) is 138 cm³/mol. The zero-order valence-corrected chi connectivity index (χ0v) is 21.2. The van der Waals surface area contributed by atoms with Crippen molar-refractivity contribution < 1.29 is 19.1 Å². The molecule has 1 fully saturated rings. The summed E-state index contributed by atoms with van der Waals surface area (Å²) < 4.78 is 10.8. The largest absolute Gasteiger partial charge is 0.497 e. The number of methoxy groups -OCH3 is 1. The van der Waals surface area contributed by atoms with Gasteiger partial charge < -0.3 is 25.0 Å². The number of esters is 1. The second kappa shape index (κ2) is 11.5. The minimum Gasteiger partial charge on any atom is -0.497 e. The number of anilines is 1. The van der Waals surface area contributed by atoms with Crippen molar-refractivity contribution in [1.82, 2.24) is 15.5 Å². The van der Waals surface area contributed by atoms with Crippen LogP contribution in [-0.2, 0) is 9.53 Å². The molecule has 4 rings (SSSR count). The zero-order valence-electron chi connectivity index (χ0n) is 20.4. The van der Waals surface area contributed by atoms with Crippen molar-refractivity contribution in [1.29, 1.82) is 0 Å². The Kier molecular flexibility index (Phi) is 8.20. The van der Waals surface area contributed by atoms with Crippen LogP contribution < -0.4 is 20.3 Å². The highest BCUT2D eigenvalue weighted by molar-refractivity contribution is 7.98. The SMILES string of the molecule is CCOC(=O)C1=C(CN2CCN(c3cccc(OC)c3)CC2)NC(=O)N[C@@H]1c1ccc(SC)cc1. The molecule has 0 aliphatic carbocycles. The van der Waals surface area contributed by atoms with Gasteiger partial charge in [-0.15, -0.1) is 11.8 Å². The Balaban J connectivity index is 1.54. The Morgan fingerprint density at radius 3 is 2.51 bits per heavy atom. The van der Waals surface area contributed by atoms with Crippen LogP contribution in [0.5, 0.6) is 5.75 Å². The van der Waals surface area contributed by atoms with Gasteiger partial charge in [-0.25, -0.2) is 9.59 Å². The number of hydrogen-bond acceptors (Lipinski definition) is 7. The van der Waals surface area contributed by atoms with E-state index in [1.807, 2.05) is 48.7 Å². The summed E-state index contributed by atoms with van der Waals surface area (Å²) in [7, 11) is 1.67. The maximum Gasteiger partial charge on any atom is 0.338 e. The normalized spacial score (nSPS) is 18.7. The van der Waals surface area contributed by atoms with E-state index in [4.69, 9.17) is 9.47 Å². The van der Waals surface area contributed by atoms with Gasteiger partial charge in [0.05, 0.1) is 25.3 Å². The lowest BCUT2D eigenvalue weighted by Crippen LogP contribution is -2.51. The lowest BCUT2D eigenvalue weighted by atomic mass is 9.95. The molecule has 2 aromatic rings. The Labute approximate surface area is 210 Å². The van der Waals surface area contributed by atoms with E-state index in [1.165, 1.54) is 0 Å². The molecule has 1 atom stereocenters. The molecule has 0 radical (unpaired) electrons. The molecule has 186 valence electrons. The zero-order chi connectivity index (χ0) is 24.8. The molecule has 0 unspecified atom stereocenters. The number of rotatable bonds is 8. The summed E-state index contributed by atoms with van der Waals surface area (Å²) in [5.74, 6) is 0.423. The van der Waals surface area contributed by atoms with Gasteiger partial charge in [0.15, 0.2) is 0 Å². The summed E-state index contributed by atoms with van der Waals surface area (Å²) in [6.07, 6.45) is 2.01. The van der Waals surface area contributed by atoms with Crippen LogP contribution in [0.15, 0.2) is 64.7 Å². The average molecular weight is 497 g/mol. The summed E-state index contributed by atoms with van der Waals surface area (Å²) in [5, 5.41) is 5.80. The van der Waals surface area contributed by atoms with Crippen molar-refractivity contribution in [3.8, 4) is 5.75 Å². The number of benzene rings is 2. The molecule has 0 aromatic heterocycles. The summed E-state index contributed by atoms with van der Waals surface area (Å²) in [6, 6.07) is 15.1. The van der Waals surface area contributed by atoms with Crippen LogP contribution in [0.4, 0.5) is 10.5 Å². The average Bonchev–Trinajstić information content (AvgIpc) is 2.89. The van der Waals surface area contributed by atoms with Crippen molar-refractivity contribution in [3.05, 3.63) is 65.4 Å². The van der Waals surface area contributed by atoms with Gasteiger partial charge in [0, 0.05) is 55.1 Å². The van der Waals surface area contributed by atoms with Gasteiger partial charge >= 0.3 is 12.0 Å². The van der Waals surface area contributed by atoms with Crippen LogP contribution in [0, 0.1) is 0 Å². The first-order valence-corrected chi connectivity index (χ1v) is 13.0. The summed E-state index contributed by atoms with van der Waals surface area (Å²) in [5.41, 5.74) is 3.03. The van der Waals surface area contributed by atoms with Gasteiger partial charge in [0.25, 0.3) is 0 Å². The lowest BCUT2D eigenvalue weighted by Gasteiger charge is -2.38. The van der Waals surface area contributed by atoms with Gasteiger partial charge in [-0.1, -0.05) is 18.2 Å². The molecule has 2 aliphatic heterocycles. The number of carbonyl (C=O) groups is 2. The van der Waals surface area contributed by atoms with E-state index < -0.39 is 12.0 Å². The molecule has 2 N–H and O–H groups in total. The number of piperazine rings is 1. The third-order valence-corrected chi connectivity index (χ3v) is 7.01. The molecule has 0 spiro atoms. The van der Waals surface area contributed by atoms with Gasteiger partial charge in [-0.3, -0.25) is 4.90 Å². The third kappa shape index (κ3) is 5.91. The van der Waals surface area contributed by atoms with E-state index >= 15 is 0 Å². The first-order valence-electron chi connectivity index (χ1n) is 11.7.